The molecule has 0 aliphatic heterocycles. The summed E-state index contributed by atoms with van der Waals surface area (Å²) < 4.78 is 13.4. The SMILES string of the molecule is c1ccc(-c2nnc(-c3ccc4c(c3)c3ccccc3n4-c3cccc(-c4ccccc4-n4c5ccccc5c5c6c(ccc54)oc4ccccc46)c3)n2-c2ccccc2)cc1. The summed E-state index contributed by atoms with van der Waals surface area (Å²) in [4.78, 5) is 0. The third-order valence-corrected chi connectivity index (χ3v) is 12.4. The summed E-state index contributed by atoms with van der Waals surface area (Å²) in [6.07, 6.45) is 0. The Hall–Kier alpha value is -8.48. The van der Waals surface area contributed by atoms with Crippen LogP contribution in [0.1, 0.15) is 0 Å². The maximum absolute atomic E-state index is 6.38. The Balaban J connectivity index is 0.982. The highest BCUT2D eigenvalue weighted by Crippen LogP contribution is 2.43. The molecule has 0 amide bonds. The highest BCUT2D eigenvalue weighted by molar-refractivity contribution is 6.27. The van der Waals surface area contributed by atoms with Crippen LogP contribution in [0.25, 0.3) is 117 Å². The van der Waals surface area contributed by atoms with Crippen molar-refractivity contribution in [2.75, 3.05) is 0 Å². The molecule has 0 spiro atoms. The van der Waals surface area contributed by atoms with Crippen molar-refractivity contribution in [2.45, 2.75) is 0 Å². The lowest BCUT2D eigenvalue weighted by molar-refractivity contribution is 0.669. The Kier molecular flexibility index (Phi) is 7.50. The largest absolute Gasteiger partial charge is 0.456 e. The van der Waals surface area contributed by atoms with Crippen molar-refractivity contribution in [3.8, 4) is 51.0 Å². The van der Waals surface area contributed by atoms with Gasteiger partial charge in [-0.25, -0.2) is 0 Å². The van der Waals surface area contributed by atoms with Crippen LogP contribution in [0, 0.1) is 0 Å². The molecule has 0 atom stereocenters. The van der Waals surface area contributed by atoms with E-state index in [-0.39, 0.29) is 0 Å². The molecule has 4 heterocycles. The number of aromatic nitrogens is 5. The molecule has 0 bridgehead atoms. The minimum atomic E-state index is 0.791. The molecule has 6 nitrogen and oxygen atoms in total. The summed E-state index contributed by atoms with van der Waals surface area (Å²) in [7, 11) is 0. The average molecular weight is 794 g/mol. The van der Waals surface area contributed by atoms with Crippen molar-refractivity contribution in [3.63, 3.8) is 0 Å². The van der Waals surface area contributed by atoms with E-state index < -0.39 is 0 Å². The number of furan rings is 1. The van der Waals surface area contributed by atoms with Crippen LogP contribution >= 0.6 is 0 Å². The van der Waals surface area contributed by atoms with E-state index in [1.54, 1.807) is 0 Å². The molecule has 0 radical (unpaired) electrons. The third-order valence-electron chi connectivity index (χ3n) is 12.4. The molecule has 6 heteroatoms. The molecule has 9 aromatic carbocycles. The smallest absolute Gasteiger partial charge is 0.168 e. The van der Waals surface area contributed by atoms with Gasteiger partial charge in [0.25, 0.3) is 0 Å². The van der Waals surface area contributed by atoms with Gasteiger partial charge < -0.3 is 13.6 Å². The van der Waals surface area contributed by atoms with E-state index in [9.17, 15) is 0 Å². The van der Waals surface area contributed by atoms with Gasteiger partial charge >= 0.3 is 0 Å². The summed E-state index contributed by atoms with van der Waals surface area (Å²) in [5.41, 5.74) is 13.8. The summed E-state index contributed by atoms with van der Waals surface area (Å²) in [5, 5.41) is 16.6. The topological polar surface area (TPSA) is 53.7 Å². The van der Waals surface area contributed by atoms with Gasteiger partial charge in [-0.2, -0.15) is 0 Å². The van der Waals surface area contributed by atoms with Gasteiger partial charge in [0.15, 0.2) is 11.6 Å². The van der Waals surface area contributed by atoms with E-state index in [1.165, 1.54) is 16.2 Å². The van der Waals surface area contributed by atoms with E-state index in [2.05, 4.69) is 196 Å². The molecule has 0 N–H and O–H groups in total. The molecule has 290 valence electrons. The molecule has 13 rings (SSSR count). The van der Waals surface area contributed by atoms with Crippen molar-refractivity contribution in [1.82, 2.24) is 23.9 Å². The first-order chi connectivity index (χ1) is 30.8. The standard InChI is InChI=1S/C56H35N5O/c1-3-16-36(17-4-1)55-57-58-56(60(55)39-19-5-2-6-20-39)38-30-31-49-45(35-38)42-23-8-12-27-47(42)59(49)40-21-15-18-37(34-40)41-22-7-11-26-46(41)61-48-28-13-9-24-43(48)53-50(61)32-33-52-54(53)44-25-10-14-29-51(44)62-52/h1-35H. The lowest BCUT2D eigenvalue weighted by atomic mass is 10.0. The number of fused-ring (bicyclic) bond motifs is 10. The van der Waals surface area contributed by atoms with Gasteiger partial charge in [-0.05, 0) is 84.4 Å². The molecule has 0 saturated carbocycles. The van der Waals surface area contributed by atoms with Crippen LogP contribution in [0.4, 0.5) is 0 Å². The van der Waals surface area contributed by atoms with Gasteiger partial charge in [0.1, 0.15) is 11.2 Å². The van der Waals surface area contributed by atoms with Crippen molar-refractivity contribution in [3.05, 3.63) is 212 Å². The van der Waals surface area contributed by atoms with Crippen LogP contribution < -0.4 is 0 Å². The first-order valence-corrected chi connectivity index (χ1v) is 20.9. The molecule has 0 aliphatic rings. The second-order valence-electron chi connectivity index (χ2n) is 15.8. The maximum atomic E-state index is 6.38. The van der Waals surface area contributed by atoms with Gasteiger partial charge in [0.05, 0.1) is 27.8 Å². The minimum Gasteiger partial charge on any atom is -0.456 e. The Labute approximate surface area is 355 Å². The van der Waals surface area contributed by atoms with Crippen LogP contribution in [0.15, 0.2) is 217 Å². The quantitative estimate of drug-likeness (QED) is 0.168. The Morgan fingerprint density at radius 2 is 0.935 bits per heavy atom. The zero-order valence-electron chi connectivity index (χ0n) is 33.4. The molecule has 13 aromatic rings. The van der Waals surface area contributed by atoms with Gasteiger partial charge in [-0.3, -0.25) is 4.57 Å². The van der Waals surface area contributed by atoms with E-state index >= 15 is 0 Å². The Morgan fingerprint density at radius 1 is 0.323 bits per heavy atom. The van der Waals surface area contributed by atoms with E-state index in [1.807, 2.05) is 30.3 Å². The zero-order chi connectivity index (χ0) is 40.7. The Bertz CT molecular complexity index is 3870. The molecule has 0 saturated heterocycles. The van der Waals surface area contributed by atoms with Crippen LogP contribution in [0.2, 0.25) is 0 Å². The summed E-state index contributed by atoms with van der Waals surface area (Å²) in [6, 6.07) is 75.1. The van der Waals surface area contributed by atoms with E-state index in [0.717, 1.165) is 100 Å². The molecular weight excluding hydrogens is 759 g/mol. The predicted octanol–water partition coefficient (Wildman–Crippen LogP) is 14.4. The van der Waals surface area contributed by atoms with Gasteiger partial charge in [0, 0.05) is 60.4 Å². The molecule has 4 aromatic heterocycles. The van der Waals surface area contributed by atoms with Crippen LogP contribution in [-0.2, 0) is 0 Å². The molecule has 0 fully saturated rings. The van der Waals surface area contributed by atoms with Gasteiger partial charge in [-0.15, -0.1) is 10.2 Å². The second-order valence-corrected chi connectivity index (χ2v) is 15.8. The predicted molar refractivity (Wildman–Crippen MR) is 254 cm³/mol. The number of hydrogen-bond donors (Lipinski definition) is 0. The molecular formula is C56H35N5O. The number of benzene rings is 9. The van der Waals surface area contributed by atoms with E-state index in [0.29, 0.717) is 0 Å². The van der Waals surface area contributed by atoms with E-state index in [4.69, 9.17) is 14.6 Å². The fourth-order valence-corrected chi connectivity index (χ4v) is 9.72. The van der Waals surface area contributed by atoms with Crippen molar-refractivity contribution in [2.24, 2.45) is 0 Å². The summed E-state index contributed by atoms with van der Waals surface area (Å²) in [6.45, 7) is 0. The second kappa shape index (κ2) is 13.5. The lowest BCUT2D eigenvalue weighted by Gasteiger charge is -2.16. The average Bonchev–Trinajstić information content (AvgIpc) is 4.11. The highest BCUT2D eigenvalue weighted by Gasteiger charge is 2.22. The normalized spacial score (nSPS) is 11.9. The summed E-state index contributed by atoms with van der Waals surface area (Å²) >= 11 is 0. The Morgan fingerprint density at radius 3 is 1.77 bits per heavy atom. The van der Waals surface area contributed by atoms with Crippen LogP contribution in [0.5, 0.6) is 0 Å². The van der Waals surface area contributed by atoms with Gasteiger partial charge in [0.2, 0.25) is 0 Å². The maximum Gasteiger partial charge on any atom is 0.168 e. The first kappa shape index (κ1) is 34.4. The fourth-order valence-electron chi connectivity index (χ4n) is 9.72. The number of hydrogen-bond acceptors (Lipinski definition) is 3. The van der Waals surface area contributed by atoms with Crippen molar-refractivity contribution in [1.29, 1.82) is 0 Å². The number of para-hydroxylation sites is 5. The van der Waals surface area contributed by atoms with Gasteiger partial charge in [-0.1, -0.05) is 133 Å². The van der Waals surface area contributed by atoms with Crippen LogP contribution in [-0.4, -0.2) is 23.9 Å². The first-order valence-electron chi connectivity index (χ1n) is 20.9. The highest BCUT2D eigenvalue weighted by atomic mass is 16.3. The lowest BCUT2D eigenvalue weighted by Crippen LogP contribution is -2.00. The molecule has 0 unspecified atom stereocenters. The molecule has 62 heavy (non-hydrogen) atoms. The zero-order valence-corrected chi connectivity index (χ0v) is 33.4. The van der Waals surface area contributed by atoms with Crippen LogP contribution in [0.3, 0.4) is 0 Å². The fraction of sp³-hybridized carbons (Fsp3) is 0. The third kappa shape index (κ3) is 5.10. The molecule has 0 aliphatic carbocycles. The monoisotopic (exact) mass is 793 g/mol. The minimum absolute atomic E-state index is 0.791. The summed E-state index contributed by atoms with van der Waals surface area (Å²) in [5.74, 6) is 1.59. The number of rotatable bonds is 6. The van der Waals surface area contributed by atoms with Crippen molar-refractivity contribution < 1.29 is 4.42 Å². The number of nitrogens with zero attached hydrogens (tertiary/aromatic N) is 5. The van der Waals surface area contributed by atoms with Crippen molar-refractivity contribution >= 4 is 65.6 Å².